The molecule has 1 fully saturated rings. The van der Waals surface area contributed by atoms with E-state index in [2.05, 4.69) is 34.7 Å². The molecule has 18 heavy (non-hydrogen) atoms. The van der Waals surface area contributed by atoms with Crippen LogP contribution in [0.2, 0.25) is 0 Å². The quantitative estimate of drug-likeness (QED) is 0.869. The standard InChI is InChI=1S/C14H24N4/c1-14(2,11-15)12-17-7-9-18(10-8-17)13-5-3-4-6-16-13/h3-6H,7-12,15H2,1-2H3. The molecule has 0 aromatic carbocycles. The lowest BCUT2D eigenvalue weighted by molar-refractivity contribution is 0.174. The minimum Gasteiger partial charge on any atom is -0.354 e. The second kappa shape index (κ2) is 5.67. The molecule has 0 bridgehead atoms. The molecule has 0 amide bonds. The van der Waals surface area contributed by atoms with E-state index in [1.807, 2.05) is 18.3 Å². The normalized spacial score (nSPS) is 18.1. The summed E-state index contributed by atoms with van der Waals surface area (Å²) in [6.45, 7) is 10.6. The van der Waals surface area contributed by atoms with Crippen LogP contribution < -0.4 is 10.6 Å². The number of hydrogen-bond acceptors (Lipinski definition) is 4. The highest BCUT2D eigenvalue weighted by atomic mass is 15.3. The van der Waals surface area contributed by atoms with E-state index in [1.54, 1.807) is 0 Å². The van der Waals surface area contributed by atoms with Crippen molar-refractivity contribution in [2.45, 2.75) is 13.8 Å². The zero-order valence-corrected chi connectivity index (χ0v) is 11.5. The molecule has 1 aliphatic rings. The van der Waals surface area contributed by atoms with Crippen LogP contribution in [0.1, 0.15) is 13.8 Å². The van der Waals surface area contributed by atoms with Crippen molar-refractivity contribution in [1.82, 2.24) is 9.88 Å². The average Bonchev–Trinajstić information content (AvgIpc) is 2.40. The second-order valence-electron chi connectivity index (χ2n) is 5.82. The summed E-state index contributed by atoms with van der Waals surface area (Å²) in [4.78, 5) is 9.26. The fourth-order valence-corrected chi connectivity index (χ4v) is 2.35. The molecular formula is C14H24N4. The third-order valence-corrected chi connectivity index (χ3v) is 3.55. The zero-order chi connectivity index (χ0) is 13.0. The molecule has 1 aliphatic heterocycles. The molecule has 0 aliphatic carbocycles. The van der Waals surface area contributed by atoms with Gasteiger partial charge in [-0.3, -0.25) is 4.90 Å². The van der Waals surface area contributed by atoms with Crippen LogP contribution in [0.4, 0.5) is 5.82 Å². The number of nitrogens with two attached hydrogens (primary N) is 1. The van der Waals surface area contributed by atoms with Crippen molar-refractivity contribution in [2.75, 3.05) is 44.2 Å². The summed E-state index contributed by atoms with van der Waals surface area (Å²) in [5.74, 6) is 1.09. The van der Waals surface area contributed by atoms with Gasteiger partial charge in [0.05, 0.1) is 0 Å². The topological polar surface area (TPSA) is 45.4 Å². The van der Waals surface area contributed by atoms with Crippen molar-refractivity contribution in [3.63, 3.8) is 0 Å². The molecule has 1 saturated heterocycles. The Morgan fingerprint density at radius 2 is 1.94 bits per heavy atom. The van der Waals surface area contributed by atoms with Crippen LogP contribution in [0, 0.1) is 5.41 Å². The molecule has 0 radical (unpaired) electrons. The lowest BCUT2D eigenvalue weighted by Gasteiger charge is -2.39. The third-order valence-electron chi connectivity index (χ3n) is 3.55. The van der Waals surface area contributed by atoms with Gasteiger partial charge < -0.3 is 10.6 Å². The van der Waals surface area contributed by atoms with Crippen LogP contribution in [-0.2, 0) is 0 Å². The number of pyridine rings is 1. The van der Waals surface area contributed by atoms with E-state index in [4.69, 9.17) is 5.73 Å². The lowest BCUT2D eigenvalue weighted by atomic mass is 9.93. The molecule has 0 saturated carbocycles. The number of nitrogens with zero attached hydrogens (tertiary/aromatic N) is 3. The summed E-state index contributed by atoms with van der Waals surface area (Å²) >= 11 is 0. The highest BCUT2D eigenvalue weighted by Crippen LogP contribution is 2.18. The molecule has 4 nitrogen and oxygen atoms in total. The Hall–Kier alpha value is -1.13. The maximum atomic E-state index is 5.79. The summed E-state index contributed by atoms with van der Waals surface area (Å²) in [7, 11) is 0. The van der Waals surface area contributed by atoms with Gasteiger partial charge in [0.2, 0.25) is 0 Å². The lowest BCUT2D eigenvalue weighted by Crippen LogP contribution is -2.50. The van der Waals surface area contributed by atoms with Crippen molar-refractivity contribution in [3.05, 3.63) is 24.4 Å². The summed E-state index contributed by atoms with van der Waals surface area (Å²) in [5.41, 5.74) is 6.01. The van der Waals surface area contributed by atoms with Gasteiger partial charge in [-0.15, -0.1) is 0 Å². The zero-order valence-electron chi connectivity index (χ0n) is 11.5. The number of hydrogen-bond donors (Lipinski definition) is 1. The van der Waals surface area contributed by atoms with Crippen molar-refractivity contribution < 1.29 is 0 Å². The van der Waals surface area contributed by atoms with Gasteiger partial charge in [0.25, 0.3) is 0 Å². The average molecular weight is 248 g/mol. The van der Waals surface area contributed by atoms with Crippen LogP contribution in [0.5, 0.6) is 0 Å². The Labute approximate surface area is 110 Å². The van der Waals surface area contributed by atoms with Crippen LogP contribution in [-0.4, -0.2) is 49.2 Å². The third kappa shape index (κ3) is 3.43. The Morgan fingerprint density at radius 3 is 2.50 bits per heavy atom. The minimum absolute atomic E-state index is 0.215. The van der Waals surface area contributed by atoms with Gasteiger partial charge >= 0.3 is 0 Å². The fraction of sp³-hybridized carbons (Fsp3) is 0.643. The van der Waals surface area contributed by atoms with E-state index >= 15 is 0 Å². The SMILES string of the molecule is CC(C)(CN)CN1CCN(c2ccccn2)CC1. The van der Waals surface area contributed by atoms with Crippen molar-refractivity contribution >= 4 is 5.82 Å². The minimum atomic E-state index is 0.215. The molecule has 4 heteroatoms. The number of piperazine rings is 1. The highest BCUT2D eigenvalue weighted by molar-refractivity contribution is 5.38. The van der Waals surface area contributed by atoms with Gasteiger partial charge in [-0.1, -0.05) is 19.9 Å². The molecule has 0 spiro atoms. The molecule has 0 atom stereocenters. The molecular weight excluding hydrogens is 224 g/mol. The van der Waals surface area contributed by atoms with E-state index in [0.29, 0.717) is 0 Å². The van der Waals surface area contributed by atoms with Gasteiger partial charge in [0.1, 0.15) is 5.82 Å². The molecule has 2 rings (SSSR count). The summed E-state index contributed by atoms with van der Waals surface area (Å²) in [5, 5.41) is 0. The number of anilines is 1. The summed E-state index contributed by atoms with van der Waals surface area (Å²) < 4.78 is 0. The van der Waals surface area contributed by atoms with E-state index < -0.39 is 0 Å². The highest BCUT2D eigenvalue weighted by Gasteiger charge is 2.24. The second-order valence-corrected chi connectivity index (χ2v) is 5.82. The maximum Gasteiger partial charge on any atom is 0.128 e. The van der Waals surface area contributed by atoms with Crippen molar-refractivity contribution in [1.29, 1.82) is 0 Å². The largest absolute Gasteiger partial charge is 0.354 e. The molecule has 2 N–H and O–H groups in total. The summed E-state index contributed by atoms with van der Waals surface area (Å²) in [6.07, 6.45) is 1.86. The predicted octanol–water partition coefficient (Wildman–Crippen LogP) is 1.19. The molecule has 1 aromatic rings. The van der Waals surface area contributed by atoms with Crippen molar-refractivity contribution in [3.8, 4) is 0 Å². The molecule has 0 unspecified atom stereocenters. The first-order chi connectivity index (χ1) is 8.61. The maximum absolute atomic E-state index is 5.79. The summed E-state index contributed by atoms with van der Waals surface area (Å²) in [6, 6.07) is 6.09. The predicted molar refractivity (Wildman–Crippen MR) is 75.7 cm³/mol. The van der Waals surface area contributed by atoms with Crippen LogP contribution in [0.25, 0.3) is 0 Å². The Kier molecular flexibility index (Phi) is 4.19. The molecule has 1 aromatic heterocycles. The van der Waals surface area contributed by atoms with Gasteiger partial charge in [-0.05, 0) is 24.1 Å². The first-order valence-electron chi connectivity index (χ1n) is 6.69. The fourth-order valence-electron chi connectivity index (χ4n) is 2.35. The van der Waals surface area contributed by atoms with Crippen LogP contribution >= 0.6 is 0 Å². The first-order valence-corrected chi connectivity index (χ1v) is 6.69. The van der Waals surface area contributed by atoms with Gasteiger partial charge in [-0.2, -0.15) is 0 Å². The van der Waals surface area contributed by atoms with E-state index in [0.717, 1.165) is 45.1 Å². The first kappa shape index (κ1) is 13.3. The van der Waals surface area contributed by atoms with E-state index in [1.165, 1.54) is 0 Å². The van der Waals surface area contributed by atoms with Crippen LogP contribution in [0.3, 0.4) is 0 Å². The smallest absolute Gasteiger partial charge is 0.128 e. The Bertz CT molecular complexity index is 355. The van der Waals surface area contributed by atoms with E-state index in [-0.39, 0.29) is 5.41 Å². The molecule has 2 heterocycles. The van der Waals surface area contributed by atoms with Gasteiger partial charge in [0.15, 0.2) is 0 Å². The number of rotatable bonds is 4. The van der Waals surface area contributed by atoms with Gasteiger partial charge in [-0.25, -0.2) is 4.98 Å². The van der Waals surface area contributed by atoms with Gasteiger partial charge in [0, 0.05) is 38.9 Å². The number of aromatic nitrogens is 1. The Morgan fingerprint density at radius 1 is 1.22 bits per heavy atom. The molecule has 100 valence electrons. The monoisotopic (exact) mass is 248 g/mol. The Balaban J connectivity index is 1.85. The van der Waals surface area contributed by atoms with Crippen LogP contribution in [0.15, 0.2) is 24.4 Å². The van der Waals surface area contributed by atoms with E-state index in [9.17, 15) is 0 Å². The van der Waals surface area contributed by atoms with Crippen molar-refractivity contribution in [2.24, 2.45) is 11.1 Å².